The molecule has 0 heterocycles. The molecule has 0 aromatic heterocycles. The number of hydrogen-bond donors (Lipinski definition) is 4. The smallest absolute Gasteiger partial charge is 0.0987 e. The molecule has 0 fully saturated rings. The SMILES string of the molecule is CCCC(NCO)N(CO)CO. The molecule has 0 saturated heterocycles. The van der Waals surface area contributed by atoms with Gasteiger partial charge in [-0.15, -0.1) is 0 Å². The minimum absolute atomic E-state index is 0.152. The monoisotopic (exact) mass is 178 g/mol. The van der Waals surface area contributed by atoms with E-state index in [0.29, 0.717) is 0 Å². The van der Waals surface area contributed by atoms with E-state index in [-0.39, 0.29) is 26.4 Å². The molecule has 0 aliphatic heterocycles. The summed E-state index contributed by atoms with van der Waals surface area (Å²) in [4.78, 5) is 1.43. The summed E-state index contributed by atoms with van der Waals surface area (Å²) in [6.07, 6.45) is 1.55. The zero-order valence-electron chi connectivity index (χ0n) is 7.40. The van der Waals surface area contributed by atoms with Gasteiger partial charge in [0.15, 0.2) is 0 Å². The molecule has 5 nitrogen and oxygen atoms in total. The van der Waals surface area contributed by atoms with E-state index in [1.54, 1.807) is 0 Å². The predicted octanol–water partition coefficient (Wildman–Crippen LogP) is -1.15. The van der Waals surface area contributed by atoms with Crippen LogP contribution in [0.15, 0.2) is 0 Å². The number of hydrogen-bond acceptors (Lipinski definition) is 5. The third-order valence-corrected chi connectivity index (χ3v) is 1.69. The Morgan fingerprint density at radius 2 is 1.83 bits per heavy atom. The van der Waals surface area contributed by atoms with Gasteiger partial charge in [-0.2, -0.15) is 0 Å². The Morgan fingerprint density at radius 3 is 2.17 bits per heavy atom. The van der Waals surface area contributed by atoms with Crippen molar-refractivity contribution in [3.8, 4) is 0 Å². The van der Waals surface area contributed by atoms with Crippen molar-refractivity contribution in [2.75, 3.05) is 20.2 Å². The first kappa shape index (κ1) is 11.8. The van der Waals surface area contributed by atoms with Gasteiger partial charge in [-0.1, -0.05) is 13.3 Å². The number of aliphatic hydroxyl groups excluding tert-OH is 3. The van der Waals surface area contributed by atoms with Crippen molar-refractivity contribution in [2.24, 2.45) is 0 Å². The van der Waals surface area contributed by atoms with Crippen LogP contribution < -0.4 is 5.32 Å². The summed E-state index contributed by atoms with van der Waals surface area (Å²) in [6, 6.07) is 0. The largest absolute Gasteiger partial charge is 0.381 e. The first-order chi connectivity index (χ1) is 5.79. The Labute approximate surface area is 72.6 Å². The number of aliphatic hydroxyl groups is 3. The van der Waals surface area contributed by atoms with Crippen molar-refractivity contribution in [3.05, 3.63) is 0 Å². The second-order valence-electron chi connectivity index (χ2n) is 2.54. The molecular weight excluding hydrogens is 160 g/mol. The summed E-state index contributed by atoms with van der Waals surface area (Å²) >= 11 is 0. The van der Waals surface area contributed by atoms with Crippen LogP contribution in [-0.4, -0.2) is 46.6 Å². The summed E-state index contributed by atoms with van der Waals surface area (Å²) < 4.78 is 0. The van der Waals surface area contributed by atoms with Crippen molar-refractivity contribution >= 4 is 0 Å². The van der Waals surface area contributed by atoms with Gasteiger partial charge in [0, 0.05) is 0 Å². The van der Waals surface area contributed by atoms with Crippen LogP contribution in [0.5, 0.6) is 0 Å². The molecule has 12 heavy (non-hydrogen) atoms. The lowest BCUT2D eigenvalue weighted by Crippen LogP contribution is -2.46. The van der Waals surface area contributed by atoms with Crippen molar-refractivity contribution in [1.29, 1.82) is 0 Å². The van der Waals surface area contributed by atoms with E-state index in [4.69, 9.17) is 15.3 Å². The molecule has 0 radical (unpaired) electrons. The van der Waals surface area contributed by atoms with Gasteiger partial charge < -0.3 is 15.3 Å². The summed E-state index contributed by atoms with van der Waals surface area (Å²) in [5.41, 5.74) is 0. The molecule has 0 aromatic rings. The maximum absolute atomic E-state index is 8.79. The van der Waals surface area contributed by atoms with E-state index in [9.17, 15) is 0 Å². The Bertz CT molecular complexity index is 92.7. The van der Waals surface area contributed by atoms with E-state index in [2.05, 4.69) is 5.32 Å². The van der Waals surface area contributed by atoms with Crippen molar-refractivity contribution in [1.82, 2.24) is 10.2 Å². The highest BCUT2D eigenvalue weighted by Gasteiger charge is 2.14. The molecule has 4 N–H and O–H groups in total. The summed E-state index contributed by atoms with van der Waals surface area (Å²) in [7, 11) is 0. The van der Waals surface area contributed by atoms with E-state index >= 15 is 0 Å². The van der Waals surface area contributed by atoms with Gasteiger partial charge in [0.2, 0.25) is 0 Å². The van der Waals surface area contributed by atoms with E-state index in [1.165, 1.54) is 4.90 Å². The lowest BCUT2D eigenvalue weighted by Gasteiger charge is -2.27. The van der Waals surface area contributed by atoms with Crippen LogP contribution in [-0.2, 0) is 0 Å². The van der Waals surface area contributed by atoms with E-state index in [1.807, 2.05) is 6.92 Å². The zero-order valence-corrected chi connectivity index (χ0v) is 7.40. The molecular formula is C7H18N2O3. The highest BCUT2D eigenvalue weighted by atomic mass is 16.3. The van der Waals surface area contributed by atoms with Gasteiger partial charge in [-0.05, 0) is 6.42 Å². The van der Waals surface area contributed by atoms with Crippen molar-refractivity contribution in [2.45, 2.75) is 25.9 Å². The Balaban J connectivity index is 3.86. The second-order valence-corrected chi connectivity index (χ2v) is 2.54. The van der Waals surface area contributed by atoms with Gasteiger partial charge in [0.05, 0.1) is 26.4 Å². The molecule has 0 amide bonds. The summed E-state index contributed by atoms with van der Waals surface area (Å²) in [6.45, 7) is 1.42. The lowest BCUT2D eigenvalue weighted by atomic mass is 10.2. The molecule has 0 bridgehead atoms. The van der Waals surface area contributed by atoms with Crippen LogP contribution in [0.2, 0.25) is 0 Å². The number of rotatable bonds is 7. The van der Waals surface area contributed by atoms with Crippen molar-refractivity contribution in [3.63, 3.8) is 0 Å². The Kier molecular flexibility index (Phi) is 7.33. The third-order valence-electron chi connectivity index (χ3n) is 1.69. The quantitative estimate of drug-likeness (QED) is 0.371. The van der Waals surface area contributed by atoms with Gasteiger partial charge >= 0.3 is 0 Å². The molecule has 1 unspecified atom stereocenters. The molecule has 0 aromatic carbocycles. The zero-order chi connectivity index (χ0) is 9.40. The third kappa shape index (κ3) is 3.99. The predicted molar refractivity (Wildman–Crippen MR) is 44.9 cm³/mol. The van der Waals surface area contributed by atoms with Crippen LogP contribution in [0, 0.1) is 0 Å². The molecule has 0 aliphatic carbocycles. The fourth-order valence-electron chi connectivity index (χ4n) is 1.03. The standard InChI is InChI=1S/C7H18N2O3/c1-2-3-7(8-4-10)9(5-11)6-12/h7-8,10-12H,2-6H2,1H3. The summed E-state index contributed by atoms with van der Waals surface area (Å²) in [5.74, 6) is 0. The average Bonchev–Trinajstić information content (AvgIpc) is 2.07. The van der Waals surface area contributed by atoms with Crippen LogP contribution in [0.3, 0.4) is 0 Å². The first-order valence-electron chi connectivity index (χ1n) is 4.10. The van der Waals surface area contributed by atoms with Gasteiger partial charge in [0.25, 0.3) is 0 Å². The molecule has 0 aliphatic rings. The maximum Gasteiger partial charge on any atom is 0.0987 e. The fourth-order valence-corrected chi connectivity index (χ4v) is 1.03. The first-order valence-corrected chi connectivity index (χ1v) is 4.10. The number of nitrogens with zero attached hydrogens (tertiary/aromatic N) is 1. The Hall–Kier alpha value is -0.200. The van der Waals surface area contributed by atoms with Gasteiger partial charge in [0.1, 0.15) is 0 Å². The normalized spacial score (nSPS) is 13.8. The number of nitrogens with one attached hydrogen (secondary N) is 1. The highest BCUT2D eigenvalue weighted by molar-refractivity contribution is 4.62. The minimum Gasteiger partial charge on any atom is -0.381 e. The van der Waals surface area contributed by atoms with Gasteiger partial charge in [-0.25, -0.2) is 4.90 Å². The highest BCUT2D eigenvalue weighted by Crippen LogP contribution is 2.01. The Morgan fingerprint density at radius 1 is 1.25 bits per heavy atom. The maximum atomic E-state index is 8.79. The molecule has 74 valence electrons. The minimum atomic E-state index is -0.214. The topological polar surface area (TPSA) is 76.0 Å². The lowest BCUT2D eigenvalue weighted by molar-refractivity contribution is -0.0231. The van der Waals surface area contributed by atoms with Crippen LogP contribution in [0.1, 0.15) is 19.8 Å². The van der Waals surface area contributed by atoms with Crippen LogP contribution in [0.25, 0.3) is 0 Å². The van der Waals surface area contributed by atoms with Crippen LogP contribution >= 0.6 is 0 Å². The van der Waals surface area contributed by atoms with E-state index in [0.717, 1.165) is 12.8 Å². The van der Waals surface area contributed by atoms with Crippen molar-refractivity contribution < 1.29 is 15.3 Å². The molecule has 5 heteroatoms. The second kappa shape index (κ2) is 7.45. The van der Waals surface area contributed by atoms with E-state index < -0.39 is 0 Å². The van der Waals surface area contributed by atoms with Gasteiger partial charge in [-0.3, -0.25) is 5.32 Å². The molecule has 0 saturated carbocycles. The summed E-state index contributed by atoms with van der Waals surface area (Å²) in [5, 5.41) is 28.9. The molecule has 0 spiro atoms. The molecule has 0 rings (SSSR count). The molecule has 1 atom stereocenters. The van der Waals surface area contributed by atoms with Crippen LogP contribution in [0.4, 0.5) is 0 Å². The fraction of sp³-hybridized carbons (Fsp3) is 1.00. The average molecular weight is 178 g/mol.